The van der Waals surface area contributed by atoms with Crippen LogP contribution in [0.15, 0.2) is 18.2 Å². The van der Waals surface area contributed by atoms with Crippen molar-refractivity contribution in [1.29, 1.82) is 0 Å². The van der Waals surface area contributed by atoms with Gasteiger partial charge in [-0.25, -0.2) is 0 Å². The molecule has 1 aromatic carbocycles. The molecular weight excluding hydrogens is 244 g/mol. The second-order valence-corrected chi connectivity index (χ2v) is 5.16. The first-order valence-electron chi connectivity index (χ1n) is 5.05. The van der Waals surface area contributed by atoms with Crippen LogP contribution in [0.3, 0.4) is 0 Å². The molecule has 1 heterocycles. The highest BCUT2D eigenvalue weighted by molar-refractivity contribution is 7.99. The van der Waals surface area contributed by atoms with Gasteiger partial charge in [0.2, 0.25) is 5.91 Å². The van der Waals surface area contributed by atoms with Gasteiger partial charge < -0.3 is 5.32 Å². The first-order valence-corrected chi connectivity index (χ1v) is 6.58. The van der Waals surface area contributed by atoms with Crippen LogP contribution >= 0.6 is 23.4 Å². The van der Waals surface area contributed by atoms with Crippen LogP contribution in [0.1, 0.15) is 5.56 Å². The molecule has 1 fully saturated rings. The smallest absolute Gasteiger partial charge is 0.242 e. The summed E-state index contributed by atoms with van der Waals surface area (Å²) in [5.41, 5.74) is 1.76. The molecule has 1 aromatic rings. The van der Waals surface area contributed by atoms with Gasteiger partial charge in [0.1, 0.15) is 0 Å². The standard InChI is InChI=1S/C11H13ClN2OS/c1-7-2-3-8(4-9(7)12)14-11(15)10-5-16-6-13-10/h2-4,10,13H,5-6H2,1H3,(H,14,15). The van der Waals surface area contributed by atoms with Crippen LogP contribution in [0.25, 0.3) is 0 Å². The Bertz CT molecular complexity index is 405. The number of rotatable bonds is 2. The summed E-state index contributed by atoms with van der Waals surface area (Å²) < 4.78 is 0. The quantitative estimate of drug-likeness (QED) is 0.853. The summed E-state index contributed by atoms with van der Waals surface area (Å²) in [6, 6.07) is 5.44. The molecule has 1 saturated heterocycles. The molecule has 0 saturated carbocycles. The lowest BCUT2D eigenvalue weighted by atomic mass is 10.2. The predicted octanol–water partition coefficient (Wildman–Crippen LogP) is 2.25. The number of anilines is 1. The van der Waals surface area contributed by atoms with Crippen molar-refractivity contribution in [2.75, 3.05) is 16.9 Å². The fourth-order valence-corrected chi connectivity index (χ4v) is 2.59. The van der Waals surface area contributed by atoms with E-state index in [2.05, 4.69) is 10.6 Å². The van der Waals surface area contributed by atoms with Gasteiger partial charge >= 0.3 is 0 Å². The van der Waals surface area contributed by atoms with E-state index in [4.69, 9.17) is 11.6 Å². The maximum atomic E-state index is 11.8. The summed E-state index contributed by atoms with van der Waals surface area (Å²) in [5, 5.41) is 6.65. The molecule has 2 N–H and O–H groups in total. The summed E-state index contributed by atoms with van der Waals surface area (Å²) in [4.78, 5) is 11.8. The zero-order valence-electron chi connectivity index (χ0n) is 8.92. The van der Waals surface area contributed by atoms with Gasteiger partial charge in [-0.15, -0.1) is 11.8 Å². The number of halogens is 1. The van der Waals surface area contributed by atoms with Crippen LogP contribution in [0, 0.1) is 6.92 Å². The minimum atomic E-state index is -0.0925. The van der Waals surface area contributed by atoms with Crippen LogP contribution in [-0.4, -0.2) is 23.6 Å². The van der Waals surface area contributed by atoms with E-state index in [1.165, 1.54) is 0 Å². The minimum Gasteiger partial charge on any atom is -0.325 e. The molecule has 1 atom stereocenters. The Balaban J connectivity index is 2.02. The van der Waals surface area contributed by atoms with Gasteiger partial charge in [0.05, 0.1) is 6.04 Å². The van der Waals surface area contributed by atoms with Gasteiger partial charge in [-0.05, 0) is 24.6 Å². The van der Waals surface area contributed by atoms with Gasteiger partial charge in [0.15, 0.2) is 0 Å². The number of aryl methyl sites for hydroxylation is 1. The molecule has 0 aliphatic carbocycles. The van der Waals surface area contributed by atoms with E-state index in [-0.39, 0.29) is 11.9 Å². The summed E-state index contributed by atoms with van der Waals surface area (Å²) in [6.45, 7) is 1.93. The van der Waals surface area contributed by atoms with Crippen LogP contribution in [0.5, 0.6) is 0 Å². The highest BCUT2D eigenvalue weighted by atomic mass is 35.5. The Kier molecular flexibility index (Phi) is 3.74. The Morgan fingerprint density at radius 1 is 1.62 bits per heavy atom. The summed E-state index contributed by atoms with van der Waals surface area (Å²) >= 11 is 7.71. The third kappa shape index (κ3) is 2.70. The fraction of sp³-hybridized carbons (Fsp3) is 0.364. The Labute approximate surface area is 104 Å². The lowest BCUT2D eigenvalue weighted by molar-refractivity contribution is -0.117. The van der Waals surface area contributed by atoms with E-state index in [9.17, 15) is 4.79 Å². The molecule has 86 valence electrons. The van der Waals surface area contributed by atoms with Crippen LogP contribution < -0.4 is 10.6 Å². The zero-order chi connectivity index (χ0) is 11.5. The van der Waals surface area contributed by atoms with Crippen LogP contribution in [0.2, 0.25) is 5.02 Å². The molecular formula is C11H13ClN2OS. The highest BCUT2D eigenvalue weighted by Crippen LogP contribution is 2.20. The second kappa shape index (κ2) is 5.08. The number of amides is 1. The molecule has 16 heavy (non-hydrogen) atoms. The van der Waals surface area contributed by atoms with E-state index in [1.54, 1.807) is 17.8 Å². The van der Waals surface area contributed by atoms with Crippen LogP contribution in [-0.2, 0) is 4.79 Å². The van der Waals surface area contributed by atoms with Crippen molar-refractivity contribution in [1.82, 2.24) is 5.32 Å². The normalized spacial score (nSPS) is 19.8. The molecule has 1 amide bonds. The van der Waals surface area contributed by atoms with Crippen molar-refractivity contribution in [2.45, 2.75) is 13.0 Å². The van der Waals surface area contributed by atoms with E-state index >= 15 is 0 Å². The first-order chi connectivity index (χ1) is 7.66. The topological polar surface area (TPSA) is 41.1 Å². The van der Waals surface area contributed by atoms with Crippen molar-refractivity contribution >= 4 is 35.0 Å². The summed E-state index contributed by atoms with van der Waals surface area (Å²) in [7, 11) is 0. The molecule has 1 unspecified atom stereocenters. The van der Waals surface area contributed by atoms with E-state index in [0.717, 1.165) is 22.9 Å². The van der Waals surface area contributed by atoms with E-state index in [0.29, 0.717) is 5.02 Å². The average Bonchev–Trinajstić information content (AvgIpc) is 2.77. The van der Waals surface area contributed by atoms with Gasteiger partial charge in [0.25, 0.3) is 0 Å². The lowest BCUT2D eigenvalue weighted by Crippen LogP contribution is -2.37. The van der Waals surface area contributed by atoms with E-state index in [1.807, 2.05) is 19.1 Å². The molecule has 0 bridgehead atoms. The number of hydrogen-bond acceptors (Lipinski definition) is 3. The molecule has 1 aliphatic rings. The van der Waals surface area contributed by atoms with E-state index < -0.39 is 0 Å². The number of carbonyl (C=O) groups excluding carboxylic acids is 1. The van der Waals surface area contributed by atoms with Crippen molar-refractivity contribution in [3.63, 3.8) is 0 Å². The number of hydrogen-bond donors (Lipinski definition) is 2. The monoisotopic (exact) mass is 256 g/mol. The lowest BCUT2D eigenvalue weighted by Gasteiger charge is -2.11. The molecule has 0 aromatic heterocycles. The second-order valence-electron chi connectivity index (χ2n) is 3.73. The van der Waals surface area contributed by atoms with Crippen molar-refractivity contribution in [3.8, 4) is 0 Å². The minimum absolute atomic E-state index is 0.00456. The Morgan fingerprint density at radius 2 is 2.44 bits per heavy atom. The van der Waals surface area contributed by atoms with Crippen molar-refractivity contribution in [2.24, 2.45) is 0 Å². The van der Waals surface area contributed by atoms with Crippen molar-refractivity contribution in [3.05, 3.63) is 28.8 Å². The molecule has 0 radical (unpaired) electrons. The molecule has 1 aliphatic heterocycles. The molecule has 0 spiro atoms. The maximum absolute atomic E-state index is 11.8. The number of carbonyl (C=O) groups is 1. The van der Waals surface area contributed by atoms with Gasteiger partial charge in [-0.1, -0.05) is 17.7 Å². The van der Waals surface area contributed by atoms with Gasteiger partial charge in [-0.3, -0.25) is 10.1 Å². The summed E-state index contributed by atoms with van der Waals surface area (Å²) in [5.74, 6) is 1.67. The van der Waals surface area contributed by atoms with Crippen molar-refractivity contribution < 1.29 is 4.79 Å². The number of thioether (sulfide) groups is 1. The first kappa shape index (κ1) is 11.8. The highest BCUT2D eigenvalue weighted by Gasteiger charge is 2.22. The van der Waals surface area contributed by atoms with Crippen LogP contribution in [0.4, 0.5) is 5.69 Å². The summed E-state index contributed by atoms with van der Waals surface area (Å²) in [6.07, 6.45) is 0. The largest absolute Gasteiger partial charge is 0.325 e. The zero-order valence-corrected chi connectivity index (χ0v) is 10.5. The third-order valence-corrected chi connectivity index (χ3v) is 3.82. The Morgan fingerprint density at radius 3 is 3.06 bits per heavy atom. The molecule has 3 nitrogen and oxygen atoms in total. The molecule has 2 rings (SSSR count). The Hall–Kier alpha value is -0.710. The number of benzene rings is 1. The fourth-order valence-electron chi connectivity index (χ4n) is 1.46. The van der Waals surface area contributed by atoms with Gasteiger partial charge in [-0.2, -0.15) is 0 Å². The predicted molar refractivity (Wildman–Crippen MR) is 69.1 cm³/mol. The SMILES string of the molecule is Cc1ccc(NC(=O)C2CSCN2)cc1Cl. The van der Waals surface area contributed by atoms with Gasteiger partial charge in [0, 0.05) is 22.3 Å². The number of nitrogens with one attached hydrogen (secondary N) is 2. The molecule has 5 heteroatoms. The maximum Gasteiger partial charge on any atom is 0.242 e. The average molecular weight is 257 g/mol. The third-order valence-electron chi connectivity index (χ3n) is 2.47.